The Kier molecular flexibility index (Phi) is 5.07. The zero-order valence-corrected chi connectivity index (χ0v) is 12.3. The van der Waals surface area contributed by atoms with E-state index in [9.17, 15) is 18.0 Å². The number of hydrogen-bond acceptors (Lipinski definition) is 5. The van der Waals surface area contributed by atoms with Crippen molar-refractivity contribution in [3.05, 3.63) is 17.0 Å². The number of carboxylic acid groups (broad SMARTS) is 1. The number of carbonyl (C=O) groups is 2. The van der Waals surface area contributed by atoms with Gasteiger partial charge in [-0.25, -0.2) is 8.42 Å². The summed E-state index contributed by atoms with van der Waals surface area (Å²) in [6, 6.07) is 1.33. The second kappa shape index (κ2) is 6.16. The molecule has 1 rings (SSSR count). The van der Waals surface area contributed by atoms with E-state index in [2.05, 4.69) is 0 Å². The van der Waals surface area contributed by atoms with Crippen molar-refractivity contribution in [3.8, 4) is 0 Å². The number of hydrogen-bond donors (Lipinski definition) is 1. The van der Waals surface area contributed by atoms with Gasteiger partial charge in [0.05, 0.1) is 12.0 Å². The van der Waals surface area contributed by atoms with E-state index in [4.69, 9.17) is 5.11 Å². The van der Waals surface area contributed by atoms with Crippen LogP contribution in [0.15, 0.2) is 15.7 Å². The Morgan fingerprint density at radius 1 is 1.42 bits per heavy atom. The molecule has 1 aromatic heterocycles. The highest BCUT2D eigenvalue weighted by Gasteiger charge is 2.19. The molecule has 6 nitrogen and oxygen atoms in total. The number of amides is 1. The first-order chi connectivity index (χ1) is 8.75. The number of aliphatic carboxylic acids is 1. The molecule has 0 fully saturated rings. The first-order valence-electron chi connectivity index (χ1n) is 5.55. The Balaban J connectivity index is 2.86. The topological polar surface area (TPSA) is 91.8 Å². The van der Waals surface area contributed by atoms with Crippen LogP contribution >= 0.6 is 11.3 Å². The number of sulfone groups is 1. The molecule has 0 bridgehead atoms. The van der Waals surface area contributed by atoms with Crippen LogP contribution in [0.25, 0.3) is 0 Å². The molecule has 0 aliphatic rings. The molecule has 0 aliphatic heterocycles. The standard InChI is InChI=1S/C11H15NO5S2/c1-3-12(5-4-9(13)14)11(15)8-6-10(18-7-8)19(2,16)17/h6-7H,3-5H2,1-2H3,(H,13,14). The Hall–Kier alpha value is -1.41. The van der Waals surface area contributed by atoms with Crippen molar-refractivity contribution < 1.29 is 23.1 Å². The van der Waals surface area contributed by atoms with Gasteiger partial charge in [-0.05, 0) is 13.0 Å². The zero-order chi connectivity index (χ0) is 14.6. The summed E-state index contributed by atoms with van der Waals surface area (Å²) in [6.07, 6.45) is 0.942. The molecule has 1 N–H and O–H groups in total. The van der Waals surface area contributed by atoms with E-state index in [1.165, 1.54) is 16.3 Å². The molecule has 1 amide bonds. The molecule has 0 aliphatic carbocycles. The SMILES string of the molecule is CCN(CCC(=O)O)C(=O)c1csc(S(C)(=O)=O)c1. The average Bonchev–Trinajstić information content (AvgIpc) is 2.77. The summed E-state index contributed by atoms with van der Waals surface area (Å²) in [4.78, 5) is 23.9. The Bertz CT molecular complexity index is 576. The van der Waals surface area contributed by atoms with E-state index in [1.54, 1.807) is 6.92 Å². The Labute approximate surface area is 115 Å². The lowest BCUT2D eigenvalue weighted by atomic mass is 10.2. The molecule has 8 heteroatoms. The third-order valence-electron chi connectivity index (χ3n) is 2.45. The van der Waals surface area contributed by atoms with Crippen molar-refractivity contribution >= 4 is 33.1 Å². The van der Waals surface area contributed by atoms with Crippen LogP contribution in [0.1, 0.15) is 23.7 Å². The first kappa shape index (κ1) is 15.6. The van der Waals surface area contributed by atoms with Gasteiger partial charge in [-0.2, -0.15) is 0 Å². The summed E-state index contributed by atoms with van der Waals surface area (Å²) in [7, 11) is -3.32. The normalized spacial score (nSPS) is 11.3. The maximum Gasteiger partial charge on any atom is 0.305 e. The summed E-state index contributed by atoms with van der Waals surface area (Å²) < 4.78 is 22.8. The highest BCUT2D eigenvalue weighted by molar-refractivity contribution is 7.92. The summed E-state index contributed by atoms with van der Waals surface area (Å²) >= 11 is 0.985. The van der Waals surface area contributed by atoms with Crippen LogP contribution in [0.3, 0.4) is 0 Å². The molecule has 0 aromatic carbocycles. The minimum atomic E-state index is -3.32. The summed E-state index contributed by atoms with van der Waals surface area (Å²) in [5, 5.41) is 10.1. The lowest BCUT2D eigenvalue weighted by Gasteiger charge is -2.19. The summed E-state index contributed by atoms with van der Waals surface area (Å²) in [5.74, 6) is -1.33. The molecule has 19 heavy (non-hydrogen) atoms. The van der Waals surface area contributed by atoms with Crippen LogP contribution < -0.4 is 0 Å². The third-order valence-corrected chi connectivity index (χ3v) is 5.22. The smallest absolute Gasteiger partial charge is 0.305 e. The Morgan fingerprint density at radius 3 is 2.47 bits per heavy atom. The number of carboxylic acids is 1. The van der Waals surface area contributed by atoms with Gasteiger partial charge in [0.25, 0.3) is 5.91 Å². The van der Waals surface area contributed by atoms with Crippen molar-refractivity contribution in [1.82, 2.24) is 4.90 Å². The minimum Gasteiger partial charge on any atom is -0.481 e. The molecule has 0 saturated carbocycles. The predicted octanol–water partition coefficient (Wildman–Crippen LogP) is 1.09. The van der Waals surface area contributed by atoms with Gasteiger partial charge in [0.1, 0.15) is 4.21 Å². The van der Waals surface area contributed by atoms with E-state index in [0.29, 0.717) is 6.54 Å². The minimum absolute atomic E-state index is 0.106. The largest absolute Gasteiger partial charge is 0.481 e. The van der Waals surface area contributed by atoms with Crippen LogP contribution in [0, 0.1) is 0 Å². The first-order valence-corrected chi connectivity index (χ1v) is 8.32. The second-order valence-electron chi connectivity index (χ2n) is 3.96. The molecule has 1 heterocycles. The van der Waals surface area contributed by atoms with Gasteiger partial charge in [-0.15, -0.1) is 11.3 Å². The lowest BCUT2D eigenvalue weighted by Crippen LogP contribution is -2.32. The summed E-state index contributed by atoms with van der Waals surface area (Å²) in [6.45, 7) is 2.22. The van der Waals surface area contributed by atoms with Gasteiger partial charge in [-0.1, -0.05) is 0 Å². The number of carbonyl (C=O) groups excluding carboxylic acids is 1. The van der Waals surface area contributed by atoms with Crippen LogP contribution in [-0.4, -0.2) is 49.6 Å². The van der Waals surface area contributed by atoms with Crippen LogP contribution in [0.5, 0.6) is 0 Å². The molecule has 0 radical (unpaired) electrons. The zero-order valence-electron chi connectivity index (χ0n) is 10.6. The number of rotatable bonds is 6. The fourth-order valence-electron chi connectivity index (χ4n) is 1.44. The maximum absolute atomic E-state index is 12.1. The van der Waals surface area contributed by atoms with E-state index in [1.807, 2.05) is 0 Å². The quantitative estimate of drug-likeness (QED) is 0.849. The van der Waals surface area contributed by atoms with E-state index in [-0.39, 0.29) is 28.6 Å². The maximum atomic E-state index is 12.1. The van der Waals surface area contributed by atoms with Gasteiger partial charge in [-0.3, -0.25) is 9.59 Å². The van der Waals surface area contributed by atoms with Gasteiger partial charge in [0.2, 0.25) is 0 Å². The molecule has 0 saturated heterocycles. The van der Waals surface area contributed by atoms with Gasteiger partial charge in [0, 0.05) is 24.7 Å². The molecule has 0 unspecified atom stereocenters. The fraction of sp³-hybridized carbons (Fsp3) is 0.455. The van der Waals surface area contributed by atoms with Gasteiger partial charge >= 0.3 is 5.97 Å². The van der Waals surface area contributed by atoms with Crippen LogP contribution in [0.4, 0.5) is 0 Å². The Morgan fingerprint density at radius 2 is 2.05 bits per heavy atom. The highest BCUT2D eigenvalue weighted by Crippen LogP contribution is 2.21. The highest BCUT2D eigenvalue weighted by atomic mass is 32.2. The van der Waals surface area contributed by atoms with E-state index in [0.717, 1.165) is 17.6 Å². The third kappa shape index (κ3) is 4.32. The predicted molar refractivity (Wildman–Crippen MR) is 71.3 cm³/mol. The molecule has 1 aromatic rings. The number of nitrogens with zero attached hydrogens (tertiary/aromatic N) is 1. The van der Waals surface area contributed by atoms with Crippen molar-refractivity contribution in [2.75, 3.05) is 19.3 Å². The molecule has 0 spiro atoms. The molecule has 0 atom stereocenters. The van der Waals surface area contributed by atoms with Crippen LogP contribution in [0.2, 0.25) is 0 Å². The van der Waals surface area contributed by atoms with Crippen molar-refractivity contribution in [3.63, 3.8) is 0 Å². The van der Waals surface area contributed by atoms with Crippen molar-refractivity contribution in [2.45, 2.75) is 17.6 Å². The average molecular weight is 305 g/mol. The number of thiophene rings is 1. The van der Waals surface area contributed by atoms with E-state index >= 15 is 0 Å². The monoisotopic (exact) mass is 305 g/mol. The van der Waals surface area contributed by atoms with Crippen molar-refractivity contribution in [1.29, 1.82) is 0 Å². The second-order valence-corrected chi connectivity index (χ2v) is 7.11. The lowest BCUT2D eigenvalue weighted by molar-refractivity contribution is -0.137. The molecule has 106 valence electrons. The van der Waals surface area contributed by atoms with E-state index < -0.39 is 15.8 Å². The van der Waals surface area contributed by atoms with Gasteiger partial charge < -0.3 is 10.0 Å². The van der Waals surface area contributed by atoms with Crippen molar-refractivity contribution in [2.24, 2.45) is 0 Å². The van der Waals surface area contributed by atoms with Gasteiger partial charge in [0.15, 0.2) is 9.84 Å². The molecular weight excluding hydrogens is 290 g/mol. The van der Waals surface area contributed by atoms with Crippen LogP contribution in [-0.2, 0) is 14.6 Å². The molecular formula is C11H15NO5S2. The fourth-order valence-corrected chi connectivity index (χ4v) is 3.23. The summed E-state index contributed by atoms with van der Waals surface area (Å²) in [5.41, 5.74) is 0.276.